The van der Waals surface area contributed by atoms with Crippen molar-refractivity contribution in [2.75, 3.05) is 5.32 Å². The number of anilines is 1. The predicted octanol–water partition coefficient (Wildman–Crippen LogP) is 2.59. The minimum Gasteiger partial charge on any atom is -0.481 e. The summed E-state index contributed by atoms with van der Waals surface area (Å²) in [6.45, 7) is 0. The van der Waals surface area contributed by atoms with E-state index in [1.807, 2.05) is 0 Å². The van der Waals surface area contributed by atoms with Gasteiger partial charge < -0.3 is 15.7 Å². The molecular formula is C14H17FN2O3. The van der Waals surface area contributed by atoms with Gasteiger partial charge in [-0.25, -0.2) is 9.18 Å². The van der Waals surface area contributed by atoms with Gasteiger partial charge in [0.05, 0.1) is 11.6 Å². The summed E-state index contributed by atoms with van der Waals surface area (Å²) in [5.41, 5.74) is 0.0766. The molecule has 1 aromatic carbocycles. The van der Waals surface area contributed by atoms with Gasteiger partial charge in [-0.1, -0.05) is 25.0 Å². The highest BCUT2D eigenvalue weighted by Crippen LogP contribution is 2.24. The van der Waals surface area contributed by atoms with Crippen molar-refractivity contribution >= 4 is 17.7 Å². The Morgan fingerprint density at radius 3 is 2.60 bits per heavy atom. The number of carboxylic acids is 1. The lowest BCUT2D eigenvalue weighted by atomic mass is 9.84. The number of carbonyl (C=O) groups is 2. The molecule has 0 aliphatic heterocycles. The molecule has 0 heterocycles. The molecule has 20 heavy (non-hydrogen) atoms. The normalized spacial score (nSPS) is 22.1. The van der Waals surface area contributed by atoms with Crippen LogP contribution in [-0.4, -0.2) is 23.1 Å². The van der Waals surface area contributed by atoms with Gasteiger partial charge in [-0.2, -0.15) is 0 Å². The first-order valence-corrected chi connectivity index (χ1v) is 6.63. The van der Waals surface area contributed by atoms with Gasteiger partial charge >= 0.3 is 12.0 Å². The van der Waals surface area contributed by atoms with Gasteiger partial charge in [-0.05, 0) is 25.0 Å². The molecule has 2 unspecified atom stereocenters. The predicted molar refractivity (Wildman–Crippen MR) is 71.9 cm³/mol. The molecule has 1 aliphatic rings. The number of amides is 2. The van der Waals surface area contributed by atoms with E-state index in [9.17, 15) is 14.0 Å². The molecule has 0 aromatic heterocycles. The average Bonchev–Trinajstić information content (AvgIpc) is 2.41. The summed E-state index contributed by atoms with van der Waals surface area (Å²) < 4.78 is 13.4. The molecule has 0 saturated heterocycles. The maximum absolute atomic E-state index is 13.4. The summed E-state index contributed by atoms with van der Waals surface area (Å²) in [5.74, 6) is -2.00. The van der Waals surface area contributed by atoms with E-state index in [-0.39, 0.29) is 5.69 Å². The highest BCUT2D eigenvalue weighted by Gasteiger charge is 2.31. The van der Waals surface area contributed by atoms with Crippen LogP contribution in [0.5, 0.6) is 0 Å². The summed E-state index contributed by atoms with van der Waals surface area (Å²) in [4.78, 5) is 22.9. The lowest BCUT2D eigenvalue weighted by molar-refractivity contribution is -0.143. The van der Waals surface area contributed by atoms with Crippen LogP contribution in [0.4, 0.5) is 14.9 Å². The fraction of sp³-hybridized carbons (Fsp3) is 0.429. The Morgan fingerprint density at radius 1 is 1.20 bits per heavy atom. The van der Waals surface area contributed by atoms with Crippen molar-refractivity contribution < 1.29 is 19.1 Å². The van der Waals surface area contributed by atoms with Gasteiger partial charge in [0, 0.05) is 6.04 Å². The molecule has 3 N–H and O–H groups in total. The van der Waals surface area contributed by atoms with Crippen molar-refractivity contribution in [2.24, 2.45) is 5.92 Å². The number of carbonyl (C=O) groups excluding carboxylic acids is 1. The van der Waals surface area contributed by atoms with E-state index in [1.54, 1.807) is 6.07 Å². The van der Waals surface area contributed by atoms with E-state index in [0.717, 1.165) is 12.8 Å². The molecule has 2 amide bonds. The van der Waals surface area contributed by atoms with Crippen molar-refractivity contribution in [3.63, 3.8) is 0 Å². The minimum absolute atomic E-state index is 0.0766. The zero-order valence-electron chi connectivity index (χ0n) is 10.9. The Hall–Kier alpha value is -2.11. The van der Waals surface area contributed by atoms with Gasteiger partial charge in [0.25, 0.3) is 0 Å². The van der Waals surface area contributed by atoms with E-state index in [4.69, 9.17) is 5.11 Å². The standard InChI is InChI=1S/C14H17FN2O3/c15-10-6-2-4-8-12(10)17-14(20)16-11-7-3-1-5-9(11)13(18)19/h2,4,6,8-9,11H,1,3,5,7H2,(H,18,19)(H2,16,17,20). The molecule has 0 radical (unpaired) electrons. The molecule has 2 atom stereocenters. The fourth-order valence-electron chi connectivity index (χ4n) is 2.49. The van der Waals surface area contributed by atoms with Gasteiger partial charge in [-0.3, -0.25) is 4.79 Å². The molecule has 1 aromatic rings. The topological polar surface area (TPSA) is 78.4 Å². The monoisotopic (exact) mass is 280 g/mol. The van der Waals surface area contributed by atoms with E-state index >= 15 is 0 Å². The number of aliphatic carboxylic acids is 1. The van der Waals surface area contributed by atoms with Crippen LogP contribution in [0.2, 0.25) is 0 Å². The molecule has 1 fully saturated rings. The van der Waals surface area contributed by atoms with Gasteiger partial charge in [0.1, 0.15) is 5.82 Å². The third-order valence-corrected chi connectivity index (χ3v) is 3.52. The largest absolute Gasteiger partial charge is 0.481 e. The van der Waals surface area contributed by atoms with Crippen LogP contribution in [0.1, 0.15) is 25.7 Å². The number of carboxylic acid groups (broad SMARTS) is 1. The van der Waals surface area contributed by atoms with E-state index in [2.05, 4.69) is 10.6 Å². The first kappa shape index (κ1) is 14.3. The molecule has 1 saturated carbocycles. The third kappa shape index (κ3) is 3.46. The summed E-state index contributed by atoms with van der Waals surface area (Å²) >= 11 is 0. The smallest absolute Gasteiger partial charge is 0.319 e. The highest BCUT2D eigenvalue weighted by atomic mass is 19.1. The Bertz CT molecular complexity index is 507. The SMILES string of the molecule is O=C(Nc1ccccc1F)NC1CCCCC1C(=O)O. The van der Waals surface area contributed by atoms with E-state index in [0.29, 0.717) is 12.8 Å². The Morgan fingerprint density at radius 2 is 1.90 bits per heavy atom. The molecule has 6 heteroatoms. The molecule has 2 rings (SSSR count). The van der Waals surface area contributed by atoms with Crippen molar-refractivity contribution in [3.8, 4) is 0 Å². The van der Waals surface area contributed by atoms with E-state index in [1.165, 1.54) is 18.2 Å². The van der Waals surface area contributed by atoms with Crippen molar-refractivity contribution in [2.45, 2.75) is 31.7 Å². The molecule has 5 nitrogen and oxygen atoms in total. The van der Waals surface area contributed by atoms with Crippen LogP contribution in [0.15, 0.2) is 24.3 Å². The van der Waals surface area contributed by atoms with Crippen LogP contribution >= 0.6 is 0 Å². The molecule has 0 bridgehead atoms. The van der Waals surface area contributed by atoms with Crippen LogP contribution in [0.3, 0.4) is 0 Å². The Labute approximate surface area is 116 Å². The number of halogens is 1. The second-order valence-corrected chi connectivity index (χ2v) is 4.91. The summed E-state index contributed by atoms with van der Waals surface area (Å²) in [6, 6.07) is 4.85. The quantitative estimate of drug-likeness (QED) is 0.796. The summed E-state index contributed by atoms with van der Waals surface area (Å²) in [6.07, 6.45) is 2.92. The van der Waals surface area contributed by atoms with Gasteiger partial charge in [0.15, 0.2) is 0 Å². The number of benzene rings is 1. The van der Waals surface area contributed by atoms with Gasteiger partial charge in [-0.15, -0.1) is 0 Å². The number of hydrogen-bond donors (Lipinski definition) is 3. The molecule has 1 aliphatic carbocycles. The number of urea groups is 1. The number of rotatable bonds is 3. The van der Waals surface area contributed by atoms with Crippen LogP contribution in [-0.2, 0) is 4.79 Å². The van der Waals surface area contributed by atoms with Crippen molar-refractivity contribution in [1.29, 1.82) is 0 Å². The number of nitrogens with one attached hydrogen (secondary N) is 2. The van der Waals surface area contributed by atoms with Crippen molar-refractivity contribution in [3.05, 3.63) is 30.1 Å². The van der Waals surface area contributed by atoms with E-state index < -0.39 is 29.8 Å². The second kappa shape index (κ2) is 6.36. The average molecular weight is 280 g/mol. The minimum atomic E-state index is -0.902. The highest BCUT2D eigenvalue weighted by molar-refractivity contribution is 5.90. The summed E-state index contributed by atoms with van der Waals surface area (Å²) in [5, 5.41) is 14.2. The van der Waals surface area contributed by atoms with Crippen LogP contribution in [0, 0.1) is 11.7 Å². The first-order chi connectivity index (χ1) is 9.58. The maximum Gasteiger partial charge on any atom is 0.319 e. The van der Waals surface area contributed by atoms with Gasteiger partial charge in [0.2, 0.25) is 0 Å². The lowest BCUT2D eigenvalue weighted by Crippen LogP contribution is -2.46. The number of para-hydroxylation sites is 1. The summed E-state index contributed by atoms with van der Waals surface area (Å²) in [7, 11) is 0. The lowest BCUT2D eigenvalue weighted by Gasteiger charge is -2.29. The Balaban J connectivity index is 1.96. The molecular weight excluding hydrogens is 263 g/mol. The molecule has 0 spiro atoms. The molecule has 108 valence electrons. The number of hydrogen-bond acceptors (Lipinski definition) is 2. The Kier molecular flexibility index (Phi) is 4.55. The zero-order chi connectivity index (χ0) is 14.5. The third-order valence-electron chi connectivity index (χ3n) is 3.52. The first-order valence-electron chi connectivity index (χ1n) is 6.63. The zero-order valence-corrected chi connectivity index (χ0v) is 10.9. The van der Waals surface area contributed by atoms with Crippen LogP contribution < -0.4 is 10.6 Å². The maximum atomic E-state index is 13.4. The van der Waals surface area contributed by atoms with Crippen molar-refractivity contribution in [1.82, 2.24) is 5.32 Å². The fourth-order valence-corrected chi connectivity index (χ4v) is 2.49. The second-order valence-electron chi connectivity index (χ2n) is 4.91. The van der Waals surface area contributed by atoms with Crippen LogP contribution in [0.25, 0.3) is 0 Å².